The number of carboxylic acid groups (broad SMARTS) is 1. The molecule has 0 aliphatic heterocycles. The minimum absolute atomic E-state index is 0.132. The predicted octanol–water partition coefficient (Wildman–Crippen LogP) is 1.79. The summed E-state index contributed by atoms with van der Waals surface area (Å²) >= 11 is 0. The number of aliphatic hydroxyl groups is 1. The number of benzene rings is 1. The number of ether oxygens (including phenoxy) is 1. The molecule has 0 unspecified atom stereocenters. The maximum atomic E-state index is 14.4. The summed E-state index contributed by atoms with van der Waals surface area (Å²) in [6.45, 7) is 1.95. The molecule has 2 aromatic rings. The summed E-state index contributed by atoms with van der Waals surface area (Å²) in [5.41, 5.74) is -2.38. The van der Waals surface area contributed by atoms with Gasteiger partial charge in [-0.2, -0.15) is 17.9 Å². The van der Waals surface area contributed by atoms with Gasteiger partial charge < -0.3 is 14.9 Å². The number of nitrogens with zero attached hydrogens (tertiary/aromatic N) is 3. The van der Waals surface area contributed by atoms with Crippen LogP contribution in [0.25, 0.3) is 5.69 Å². The van der Waals surface area contributed by atoms with Crippen LogP contribution in [0.5, 0.6) is 5.75 Å². The Balaban J connectivity index is 2.66. The third-order valence-corrected chi connectivity index (χ3v) is 3.66. The average molecular weight is 393 g/mol. The molecule has 1 aromatic heterocycles. The smallest absolute Gasteiger partial charge is 0.425 e. The average Bonchev–Trinajstić information content (AvgIpc) is 2.83. The van der Waals surface area contributed by atoms with Gasteiger partial charge >= 0.3 is 17.8 Å². The number of aromatic carboxylic acids is 1. The van der Waals surface area contributed by atoms with Gasteiger partial charge in [0.1, 0.15) is 28.9 Å². The molecule has 0 bridgehead atoms. The Kier molecular flexibility index (Phi) is 5.31. The minimum Gasteiger partial charge on any atom is -0.480 e. The van der Waals surface area contributed by atoms with Gasteiger partial charge in [-0.25, -0.2) is 14.0 Å². The van der Waals surface area contributed by atoms with Crippen LogP contribution in [0.4, 0.5) is 17.6 Å². The summed E-state index contributed by atoms with van der Waals surface area (Å²) in [7, 11) is 1.25. The topological polar surface area (TPSA) is 107 Å². The molecule has 0 radical (unpaired) electrons. The zero-order valence-electron chi connectivity index (χ0n) is 14.3. The van der Waals surface area contributed by atoms with Gasteiger partial charge in [0, 0.05) is 13.1 Å². The van der Waals surface area contributed by atoms with E-state index in [4.69, 9.17) is 5.11 Å². The number of halogens is 4. The van der Waals surface area contributed by atoms with E-state index in [1.165, 1.54) is 14.0 Å². The first-order valence-electron chi connectivity index (χ1n) is 7.49. The number of carbonyl (C=O) groups is 1. The summed E-state index contributed by atoms with van der Waals surface area (Å²) in [6.07, 6.45) is -8.38. The molecule has 0 amide bonds. The molecular formula is C15H15F4N3O5. The van der Waals surface area contributed by atoms with Crippen molar-refractivity contribution in [2.24, 2.45) is 7.05 Å². The second-order valence-corrected chi connectivity index (χ2v) is 5.69. The lowest BCUT2D eigenvalue weighted by Gasteiger charge is -2.19. The lowest BCUT2D eigenvalue weighted by molar-refractivity contribution is -0.189. The van der Waals surface area contributed by atoms with Crippen molar-refractivity contribution in [1.29, 1.82) is 0 Å². The van der Waals surface area contributed by atoms with Gasteiger partial charge in [-0.3, -0.25) is 4.57 Å². The molecule has 8 nitrogen and oxygen atoms in total. The summed E-state index contributed by atoms with van der Waals surface area (Å²) in [4.78, 5) is 23.4. The van der Waals surface area contributed by atoms with Gasteiger partial charge in [0.05, 0.1) is 0 Å². The van der Waals surface area contributed by atoms with Crippen molar-refractivity contribution < 1.29 is 37.3 Å². The Morgan fingerprint density at radius 3 is 2.33 bits per heavy atom. The quantitative estimate of drug-likeness (QED) is 0.751. The molecular weight excluding hydrogens is 378 g/mol. The Morgan fingerprint density at radius 1 is 1.30 bits per heavy atom. The van der Waals surface area contributed by atoms with E-state index >= 15 is 0 Å². The highest BCUT2D eigenvalue weighted by atomic mass is 19.4. The first-order chi connectivity index (χ1) is 12.3. The van der Waals surface area contributed by atoms with Crippen LogP contribution in [0, 0.1) is 5.82 Å². The Hall–Kier alpha value is -2.89. The summed E-state index contributed by atoms with van der Waals surface area (Å²) < 4.78 is 58.6. The fourth-order valence-electron chi connectivity index (χ4n) is 2.20. The molecule has 0 fully saturated rings. The Morgan fingerprint density at radius 2 is 1.89 bits per heavy atom. The van der Waals surface area contributed by atoms with E-state index < -0.39 is 52.9 Å². The predicted molar refractivity (Wildman–Crippen MR) is 82.5 cm³/mol. The van der Waals surface area contributed by atoms with E-state index in [-0.39, 0.29) is 5.82 Å². The zero-order chi connectivity index (χ0) is 20.7. The first-order valence-corrected chi connectivity index (χ1v) is 7.49. The lowest BCUT2D eigenvalue weighted by Crippen LogP contribution is -2.32. The van der Waals surface area contributed by atoms with Crippen LogP contribution < -0.4 is 10.4 Å². The number of hydrogen-bond donors (Lipinski definition) is 2. The molecule has 2 atom stereocenters. The molecule has 0 spiro atoms. The number of rotatable bonds is 5. The molecule has 0 saturated carbocycles. The van der Waals surface area contributed by atoms with Crippen molar-refractivity contribution in [3.05, 3.63) is 39.8 Å². The first kappa shape index (κ1) is 20.4. The van der Waals surface area contributed by atoms with E-state index in [9.17, 15) is 32.3 Å². The largest absolute Gasteiger partial charge is 0.480 e. The molecule has 0 aliphatic rings. The summed E-state index contributed by atoms with van der Waals surface area (Å²) in [5, 5.41) is 22.4. The van der Waals surface area contributed by atoms with Crippen LogP contribution in [0.2, 0.25) is 0 Å². The number of aliphatic hydroxyl groups excluding tert-OH is 1. The number of aromatic nitrogens is 3. The highest BCUT2D eigenvalue weighted by Crippen LogP contribution is 2.30. The van der Waals surface area contributed by atoms with Crippen LogP contribution >= 0.6 is 0 Å². The molecule has 2 rings (SSSR count). The van der Waals surface area contributed by atoms with Crippen molar-refractivity contribution in [3.63, 3.8) is 0 Å². The standard InChI is InChI=1S/C15H15F4N3O5/c1-6(23)12-20-22(14(26)21(12)3)10-5-11(27-7(2)15(17,18)19)8(13(24)25)4-9(10)16/h4-7,23H,1-3H3,(H,24,25)/t6-,7-/m0/s1. The third kappa shape index (κ3) is 3.94. The normalized spacial score (nSPS) is 14.1. The van der Waals surface area contributed by atoms with Crippen LogP contribution in [0.1, 0.15) is 36.1 Å². The van der Waals surface area contributed by atoms with Crippen LogP contribution in [0.3, 0.4) is 0 Å². The number of alkyl halides is 3. The van der Waals surface area contributed by atoms with E-state index in [1.807, 2.05) is 0 Å². The van der Waals surface area contributed by atoms with Crippen molar-refractivity contribution in [2.75, 3.05) is 0 Å². The molecule has 2 N–H and O–H groups in total. The minimum atomic E-state index is -4.80. The maximum absolute atomic E-state index is 14.4. The van der Waals surface area contributed by atoms with Crippen LogP contribution in [-0.2, 0) is 7.05 Å². The SMILES string of the molecule is C[C@H](O)c1nn(-c2cc(O[C@@H](C)C(F)(F)F)c(C(=O)O)cc2F)c(=O)n1C. The monoisotopic (exact) mass is 393 g/mol. The van der Waals surface area contributed by atoms with Gasteiger partial charge in [0.15, 0.2) is 11.9 Å². The van der Waals surface area contributed by atoms with E-state index in [0.29, 0.717) is 23.7 Å². The maximum Gasteiger partial charge on any atom is 0.425 e. The van der Waals surface area contributed by atoms with Gasteiger partial charge in [0.2, 0.25) is 0 Å². The number of hydrogen-bond acceptors (Lipinski definition) is 5. The van der Waals surface area contributed by atoms with Crippen LogP contribution in [0.15, 0.2) is 16.9 Å². The van der Waals surface area contributed by atoms with Gasteiger partial charge in [-0.15, -0.1) is 5.10 Å². The second kappa shape index (κ2) is 7.02. The second-order valence-electron chi connectivity index (χ2n) is 5.69. The van der Waals surface area contributed by atoms with Crippen molar-refractivity contribution in [3.8, 4) is 11.4 Å². The van der Waals surface area contributed by atoms with Crippen LogP contribution in [-0.4, -0.2) is 42.8 Å². The Labute approximate surface area is 149 Å². The summed E-state index contributed by atoms with van der Waals surface area (Å²) in [6, 6.07) is 1.07. The fraction of sp³-hybridized carbons (Fsp3) is 0.400. The van der Waals surface area contributed by atoms with Gasteiger partial charge in [0.25, 0.3) is 0 Å². The van der Waals surface area contributed by atoms with Crippen molar-refractivity contribution in [1.82, 2.24) is 14.3 Å². The summed E-state index contributed by atoms with van der Waals surface area (Å²) in [5.74, 6) is -3.87. The highest BCUT2D eigenvalue weighted by molar-refractivity contribution is 5.91. The zero-order valence-corrected chi connectivity index (χ0v) is 14.3. The van der Waals surface area contributed by atoms with E-state index in [0.717, 1.165) is 4.57 Å². The van der Waals surface area contributed by atoms with Crippen molar-refractivity contribution in [2.45, 2.75) is 32.2 Å². The fourth-order valence-corrected chi connectivity index (χ4v) is 2.20. The third-order valence-electron chi connectivity index (χ3n) is 3.66. The van der Waals surface area contributed by atoms with Gasteiger partial charge in [-0.1, -0.05) is 0 Å². The molecule has 1 heterocycles. The highest BCUT2D eigenvalue weighted by Gasteiger charge is 2.39. The Bertz CT molecular complexity index is 933. The van der Waals surface area contributed by atoms with Gasteiger partial charge in [-0.05, 0) is 19.9 Å². The molecule has 1 aromatic carbocycles. The molecule has 27 heavy (non-hydrogen) atoms. The number of carboxylic acids is 1. The van der Waals surface area contributed by atoms with Crippen molar-refractivity contribution >= 4 is 5.97 Å². The molecule has 12 heteroatoms. The molecule has 148 valence electrons. The van der Waals surface area contributed by atoms with E-state index in [2.05, 4.69) is 9.84 Å². The molecule has 0 saturated heterocycles. The van der Waals surface area contributed by atoms with E-state index in [1.54, 1.807) is 0 Å². The lowest BCUT2D eigenvalue weighted by atomic mass is 10.1. The molecule has 0 aliphatic carbocycles.